The van der Waals surface area contributed by atoms with Crippen molar-refractivity contribution in [3.63, 3.8) is 0 Å². The lowest BCUT2D eigenvalue weighted by Gasteiger charge is -2.30. The fourth-order valence-corrected chi connectivity index (χ4v) is 4.68. The van der Waals surface area contributed by atoms with Gasteiger partial charge in [-0.3, -0.25) is 9.59 Å². The predicted octanol–water partition coefficient (Wildman–Crippen LogP) is 3.14. The van der Waals surface area contributed by atoms with E-state index in [4.69, 9.17) is 4.74 Å². The number of ether oxygens (including phenoxy) is 1. The number of para-hydroxylation sites is 1. The summed E-state index contributed by atoms with van der Waals surface area (Å²) in [6.07, 6.45) is 3.24. The Morgan fingerprint density at radius 2 is 2.19 bits per heavy atom. The van der Waals surface area contributed by atoms with Gasteiger partial charge in [-0.05, 0) is 47.7 Å². The van der Waals surface area contributed by atoms with E-state index in [9.17, 15) is 9.59 Å². The molecule has 1 fully saturated rings. The lowest BCUT2D eigenvalue weighted by molar-refractivity contribution is -0.132. The highest BCUT2D eigenvalue weighted by Gasteiger charge is 2.38. The van der Waals surface area contributed by atoms with Crippen LogP contribution in [-0.2, 0) is 22.6 Å². The van der Waals surface area contributed by atoms with Gasteiger partial charge < -0.3 is 15.0 Å². The molecule has 0 radical (unpaired) electrons. The quantitative estimate of drug-likeness (QED) is 0.862. The molecule has 142 valence electrons. The van der Waals surface area contributed by atoms with Gasteiger partial charge in [0.1, 0.15) is 12.4 Å². The molecule has 2 aliphatic heterocycles. The molecule has 27 heavy (non-hydrogen) atoms. The van der Waals surface area contributed by atoms with Crippen LogP contribution >= 0.6 is 11.3 Å². The third-order valence-corrected chi connectivity index (χ3v) is 6.21. The van der Waals surface area contributed by atoms with E-state index in [0.29, 0.717) is 39.0 Å². The first-order chi connectivity index (χ1) is 13.1. The highest BCUT2D eigenvalue weighted by Crippen LogP contribution is 2.31. The molecule has 0 saturated carbocycles. The van der Waals surface area contributed by atoms with E-state index >= 15 is 0 Å². The van der Waals surface area contributed by atoms with Gasteiger partial charge in [-0.1, -0.05) is 18.2 Å². The van der Waals surface area contributed by atoms with Crippen molar-refractivity contribution in [2.45, 2.75) is 44.2 Å². The summed E-state index contributed by atoms with van der Waals surface area (Å²) in [6, 6.07) is 9.98. The average molecular weight is 385 g/mol. The third-order valence-electron chi connectivity index (χ3n) is 5.48. The molecule has 0 bridgehead atoms. The molecule has 1 aromatic heterocycles. The van der Waals surface area contributed by atoms with Crippen molar-refractivity contribution < 1.29 is 14.3 Å². The Kier molecular flexibility index (Phi) is 5.16. The maximum Gasteiger partial charge on any atom is 0.223 e. The minimum atomic E-state index is -0.298. The normalized spacial score (nSPS) is 21.9. The van der Waals surface area contributed by atoms with Crippen LogP contribution in [0.15, 0.2) is 41.1 Å². The van der Waals surface area contributed by atoms with Crippen molar-refractivity contribution in [3.05, 3.63) is 52.2 Å². The van der Waals surface area contributed by atoms with Gasteiger partial charge in [-0.15, -0.1) is 0 Å². The SMILES string of the molecule is O=C1CCC(CCC(=O)N2CCOc3ccccc3C2)(Cc2ccsc2)N1. The number of carbonyl (C=O) groups excluding carboxylic acids is 2. The number of carbonyl (C=O) groups is 2. The molecule has 0 spiro atoms. The van der Waals surface area contributed by atoms with Crippen LogP contribution in [0.25, 0.3) is 0 Å². The molecule has 1 aromatic carbocycles. The Morgan fingerprint density at radius 1 is 1.30 bits per heavy atom. The second kappa shape index (κ2) is 7.72. The zero-order chi connectivity index (χ0) is 18.7. The fraction of sp³-hybridized carbons (Fsp3) is 0.429. The van der Waals surface area contributed by atoms with Gasteiger partial charge >= 0.3 is 0 Å². The van der Waals surface area contributed by atoms with Gasteiger partial charge in [0.05, 0.1) is 6.54 Å². The summed E-state index contributed by atoms with van der Waals surface area (Å²) in [4.78, 5) is 26.7. The first-order valence-corrected chi connectivity index (χ1v) is 10.4. The minimum absolute atomic E-state index is 0.0924. The van der Waals surface area contributed by atoms with Crippen LogP contribution in [0, 0.1) is 0 Å². The molecule has 2 amide bonds. The molecule has 1 N–H and O–H groups in total. The molecule has 5 nitrogen and oxygen atoms in total. The fourth-order valence-electron chi connectivity index (χ4n) is 4.01. The maximum atomic E-state index is 12.9. The van der Waals surface area contributed by atoms with E-state index in [1.54, 1.807) is 11.3 Å². The Morgan fingerprint density at radius 3 is 2.96 bits per heavy atom. The van der Waals surface area contributed by atoms with E-state index in [-0.39, 0.29) is 17.4 Å². The monoisotopic (exact) mass is 384 g/mol. The molecule has 3 heterocycles. The van der Waals surface area contributed by atoms with E-state index in [0.717, 1.165) is 24.2 Å². The lowest BCUT2D eigenvalue weighted by atomic mass is 9.85. The van der Waals surface area contributed by atoms with Crippen LogP contribution in [-0.4, -0.2) is 35.4 Å². The van der Waals surface area contributed by atoms with Crippen molar-refractivity contribution in [2.24, 2.45) is 0 Å². The van der Waals surface area contributed by atoms with Crippen molar-refractivity contribution >= 4 is 23.2 Å². The highest BCUT2D eigenvalue weighted by molar-refractivity contribution is 7.07. The molecule has 2 aliphatic rings. The molecule has 2 aromatic rings. The third kappa shape index (κ3) is 4.16. The Labute approximate surface area is 163 Å². The van der Waals surface area contributed by atoms with Gasteiger partial charge in [0.25, 0.3) is 0 Å². The summed E-state index contributed by atoms with van der Waals surface area (Å²) >= 11 is 1.66. The van der Waals surface area contributed by atoms with Crippen molar-refractivity contribution in [1.82, 2.24) is 10.2 Å². The zero-order valence-electron chi connectivity index (χ0n) is 15.3. The van der Waals surface area contributed by atoms with E-state index in [1.807, 2.05) is 29.2 Å². The Hall–Kier alpha value is -2.34. The first kappa shape index (κ1) is 18.0. The second-order valence-electron chi connectivity index (χ2n) is 7.41. The van der Waals surface area contributed by atoms with Crippen LogP contribution in [0.2, 0.25) is 0 Å². The van der Waals surface area contributed by atoms with E-state index in [1.165, 1.54) is 5.56 Å². The largest absolute Gasteiger partial charge is 0.491 e. The maximum absolute atomic E-state index is 12.9. The number of hydrogen-bond donors (Lipinski definition) is 1. The molecule has 1 saturated heterocycles. The Balaban J connectivity index is 1.42. The van der Waals surface area contributed by atoms with Gasteiger partial charge in [0.15, 0.2) is 0 Å². The van der Waals surface area contributed by atoms with Crippen LogP contribution in [0.5, 0.6) is 5.75 Å². The lowest BCUT2D eigenvalue weighted by Crippen LogP contribution is -2.45. The van der Waals surface area contributed by atoms with Crippen LogP contribution in [0.1, 0.15) is 36.8 Å². The topological polar surface area (TPSA) is 58.6 Å². The van der Waals surface area contributed by atoms with Crippen molar-refractivity contribution in [2.75, 3.05) is 13.2 Å². The van der Waals surface area contributed by atoms with Crippen molar-refractivity contribution in [3.8, 4) is 5.75 Å². The minimum Gasteiger partial charge on any atom is -0.491 e. The summed E-state index contributed by atoms with van der Waals surface area (Å²) in [5.41, 5.74) is 1.98. The molecule has 4 rings (SSSR count). The summed E-state index contributed by atoms with van der Waals surface area (Å²) in [7, 11) is 0. The summed E-state index contributed by atoms with van der Waals surface area (Å²) in [5, 5.41) is 7.34. The highest BCUT2D eigenvalue weighted by atomic mass is 32.1. The van der Waals surface area contributed by atoms with Crippen LogP contribution in [0.4, 0.5) is 0 Å². The summed E-state index contributed by atoms with van der Waals surface area (Å²) < 4.78 is 5.76. The molecular formula is C21H24N2O3S. The van der Waals surface area contributed by atoms with Crippen molar-refractivity contribution in [1.29, 1.82) is 0 Å². The van der Waals surface area contributed by atoms with Gasteiger partial charge in [0, 0.05) is 30.5 Å². The summed E-state index contributed by atoms with van der Waals surface area (Å²) in [5.74, 6) is 1.08. The van der Waals surface area contributed by atoms with Gasteiger partial charge in [-0.2, -0.15) is 11.3 Å². The number of rotatable bonds is 5. The molecular weight excluding hydrogens is 360 g/mol. The molecule has 1 atom stereocenters. The van der Waals surface area contributed by atoms with E-state index < -0.39 is 0 Å². The number of amides is 2. The molecule has 1 unspecified atom stereocenters. The number of benzene rings is 1. The number of hydrogen-bond acceptors (Lipinski definition) is 4. The number of thiophene rings is 1. The zero-order valence-corrected chi connectivity index (χ0v) is 16.1. The van der Waals surface area contributed by atoms with E-state index in [2.05, 4.69) is 22.1 Å². The summed E-state index contributed by atoms with van der Waals surface area (Å²) in [6.45, 7) is 1.69. The number of fused-ring (bicyclic) bond motifs is 1. The predicted molar refractivity (Wildman–Crippen MR) is 105 cm³/mol. The molecule has 0 aliphatic carbocycles. The van der Waals surface area contributed by atoms with Gasteiger partial charge in [0.2, 0.25) is 11.8 Å². The standard InChI is InChI=1S/C21H24N2O3S/c24-19-5-8-21(22-19,13-16-7-12-27-15-16)9-6-20(25)23-10-11-26-18-4-2-1-3-17(18)14-23/h1-4,7,12,15H,5-6,8-11,13-14H2,(H,22,24). The first-order valence-electron chi connectivity index (χ1n) is 9.44. The Bertz CT molecular complexity index is 821. The second-order valence-corrected chi connectivity index (χ2v) is 8.19. The average Bonchev–Trinajstić information content (AvgIpc) is 3.24. The number of nitrogens with zero attached hydrogens (tertiary/aromatic N) is 1. The van der Waals surface area contributed by atoms with Crippen LogP contribution < -0.4 is 10.1 Å². The molecule has 6 heteroatoms. The smallest absolute Gasteiger partial charge is 0.223 e. The van der Waals surface area contributed by atoms with Crippen LogP contribution in [0.3, 0.4) is 0 Å². The van der Waals surface area contributed by atoms with Gasteiger partial charge in [-0.25, -0.2) is 0 Å². The number of nitrogens with one attached hydrogen (secondary N) is 1.